The first-order chi connectivity index (χ1) is 10.3. The normalized spacial score (nSPS) is 12.1. The van der Waals surface area contributed by atoms with Crippen LogP contribution < -0.4 is 4.74 Å². The number of carbonyl (C=O) groups is 1. The number of aromatic nitrogens is 3. The second kappa shape index (κ2) is 4.28. The van der Waals surface area contributed by atoms with E-state index < -0.39 is 0 Å². The molecule has 5 nitrogen and oxygen atoms in total. The monoisotopic (exact) mass is 277 g/mol. The molecular formula is C16H11N3O2. The van der Waals surface area contributed by atoms with Crippen molar-refractivity contribution in [1.29, 1.82) is 0 Å². The summed E-state index contributed by atoms with van der Waals surface area (Å²) in [5.41, 5.74) is 2.33. The first kappa shape index (κ1) is 11.8. The van der Waals surface area contributed by atoms with Crippen molar-refractivity contribution in [1.82, 2.24) is 14.8 Å². The van der Waals surface area contributed by atoms with E-state index in [4.69, 9.17) is 4.74 Å². The summed E-state index contributed by atoms with van der Waals surface area (Å²) in [6, 6.07) is 14.9. The second-order valence-electron chi connectivity index (χ2n) is 4.75. The van der Waals surface area contributed by atoms with E-state index in [1.54, 1.807) is 13.2 Å². The number of rotatable bonds is 2. The second-order valence-corrected chi connectivity index (χ2v) is 4.75. The number of hydrogen-bond acceptors (Lipinski definition) is 4. The minimum atomic E-state index is -0.132. The van der Waals surface area contributed by atoms with Gasteiger partial charge in [0, 0.05) is 11.1 Å². The standard InChI is InChI=1S/C16H11N3O2/c1-21-11-8-6-10(7-9-11)14-17-15-12-4-2-3-5-13(12)16(20)19(15)18-14/h2-9H,1H3. The molecule has 0 fully saturated rings. The molecule has 0 spiro atoms. The molecule has 0 aliphatic carbocycles. The van der Waals surface area contributed by atoms with Crippen molar-refractivity contribution in [3.05, 3.63) is 54.1 Å². The highest BCUT2D eigenvalue weighted by atomic mass is 16.5. The zero-order valence-corrected chi connectivity index (χ0v) is 11.3. The molecule has 1 aliphatic rings. The summed E-state index contributed by atoms with van der Waals surface area (Å²) in [4.78, 5) is 16.8. The van der Waals surface area contributed by atoms with E-state index in [1.165, 1.54) is 4.68 Å². The highest BCUT2D eigenvalue weighted by Crippen LogP contribution is 2.31. The number of carbonyl (C=O) groups excluding carboxylic acids is 1. The van der Waals surface area contributed by atoms with Gasteiger partial charge in [-0.05, 0) is 30.3 Å². The van der Waals surface area contributed by atoms with Crippen LogP contribution in [0, 0.1) is 0 Å². The van der Waals surface area contributed by atoms with Crippen molar-refractivity contribution < 1.29 is 9.53 Å². The molecule has 0 unspecified atom stereocenters. The summed E-state index contributed by atoms with van der Waals surface area (Å²) >= 11 is 0. The van der Waals surface area contributed by atoms with Gasteiger partial charge >= 0.3 is 0 Å². The Morgan fingerprint density at radius 2 is 1.71 bits per heavy atom. The third kappa shape index (κ3) is 1.67. The van der Waals surface area contributed by atoms with Crippen LogP contribution in [0.1, 0.15) is 10.4 Å². The van der Waals surface area contributed by atoms with Crippen LogP contribution in [-0.2, 0) is 0 Å². The van der Waals surface area contributed by atoms with Crippen LogP contribution in [0.25, 0.3) is 22.8 Å². The summed E-state index contributed by atoms with van der Waals surface area (Å²) < 4.78 is 6.50. The number of fused-ring (bicyclic) bond motifs is 3. The maximum Gasteiger partial charge on any atom is 0.280 e. The van der Waals surface area contributed by atoms with Gasteiger partial charge in [0.2, 0.25) is 0 Å². The van der Waals surface area contributed by atoms with E-state index in [0.717, 1.165) is 16.9 Å². The van der Waals surface area contributed by atoms with Gasteiger partial charge in [-0.2, -0.15) is 4.68 Å². The van der Waals surface area contributed by atoms with Crippen LogP contribution in [0.3, 0.4) is 0 Å². The van der Waals surface area contributed by atoms with Crippen molar-refractivity contribution >= 4 is 5.91 Å². The molecule has 0 radical (unpaired) electrons. The first-order valence-corrected chi connectivity index (χ1v) is 6.53. The molecule has 5 heteroatoms. The SMILES string of the molecule is COc1ccc(-c2nc3n(n2)C(=O)c2ccccc2-3)cc1. The molecule has 4 rings (SSSR count). The van der Waals surface area contributed by atoms with Gasteiger partial charge in [-0.15, -0.1) is 5.10 Å². The van der Waals surface area contributed by atoms with E-state index in [9.17, 15) is 4.79 Å². The molecule has 2 heterocycles. The Labute approximate surface area is 120 Å². The lowest BCUT2D eigenvalue weighted by atomic mass is 10.1. The molecule has 102 valence electrons. The van der Waals surface area contributed by atoms with Gasteiger partial charge < -0.3 is 4.74 Å². The van der Waals surface area contributed by atoms with Crippen LogP contribution in [0.15, 0.2) is 48.5 Å². The number of benzene rings is 2. The van der Waals surface area contributed by atoms with Gasteiger partial charge in [0.05, 0.1) is 12.7 Å². The van der Waals surface area contributed by atoms with Crippen LogP contribution >= 0.6 is 0 Å². The van der Waals surface area contributed by atoms with Gasteiger partial charge in [-0.25, -0.2) is 4.98 Å². The fourth-order valence-electron chi connectivity index (χ4n) is 2.47. The number of hydrogen-bond donors (Lipinski definition) is 0. The quantitative estimate of drug-likeness (QED) is 0.565. The van der Waals surface area contributed by atoms with Crippen LogP contribution in [-0.4, -0.2) is 27.8 Å². The molecule has 0 bridgehead atoms. The Bertz CT molecular complexity index is 850. The summed E-state index contributed by atoms with van der Waals surface area (Å²) in [6.45, 7) is 0. The summed E-state index contributed by atoms with van der Waals surface area (Å²) in [5.74, 6) is 1.77. The molecule has 21 heavy (non-hydrogen) atoms. The van der Waals surface area contributed by atoms with Crippen molar-refractivity contribution in [3.63, 3.8) is 0 Å². The first-order valence-electron chi connectivity index (χ1n) is 6.53. The van der Waals surface area contributed by atoms with E-state index >= 15 is 0 Å². The predicted octanol–water partition coefficient (Wildman–Crippen LogP) is 2.62. The lowest BCUT2D eigenvalue weighted by molar-refractivity contribution is 0.0955. The Balaban J connectivity index is 1.82. The highest BCUT2D eigenvalue weighted by Gasteiger charge is 2.29. The molecule has 0 atom stereocenters. The number of methoxy groups -OCH3 is 1. The fourth-order valence-corrected chi connectivity index (χ4v) is 2.47. The van der Waals surface area contributed by atoms with Gasteiger partial charge in [0.1, 0.15) is 5.75 Å². The molecular weight excluding hydrogens is 266 g/mol. The summed E-state index contributed by atoms with van der Waals surface area (Å²) in [5, 5.41) is 4.33. The van der Waals surface area contributed by atoms with Crippen LogP contribution in [0.2, 0.25) is 0 Å². The smallest absolute Gasteiger partial charge is 0.280 e. The Kier molecular flexibility index (Phi) is 2.41. The van der Waals surface area contributed by atoms with Gasteiger partial charge in [0.25, 0.3) is 5.91 Å². The predicted molar refractivity (Wildman–Crippen MR) is 77.2 cm³/mol. The highest BCUT2D eigenvalue weighted by molar-refractivity contribution is 6.07. The summed E-state index contributed by atoms with van der Waals surface area (Å²) in [6.07, 6.45) is 0. The average molecular weight is 277 g/mol. The minimum absolute atomic E-state index is 0.132. The van der Waals surface area contributed by atoms with Crippen molar-refractivity contribution in [3.8, 4) is 28.5 Å². The Morgan fingerprint density at radius 1 is 1.00 bits per heavy atom. The van der Waals surface area contributed by atoms with Gasteiger partial charge in [-0.3, -0.25) is 4.79 Å². The molecule has 0 saturated heterocycles. The zero-order chi connectivity index (χ0) is 14.4. The molecule has 1 aromatic heterocycles. The maximum absolute atomic E-state index is 12.3. The number of ether oxygens (including phenoxy) is 1. The van der Waals surface area contributed by atoms with E-state index in [2.05, 4.69) is 10.1 Å². The average Bonchev–Trinajstić information content (AvgIpc) is 3.08. The largest absolute Gasteiger partial charge is 0.497 e. The maximum atomic E-state index is 12.3. The molecule has 0 N–H and O–H groups in total. The topological polar surface area (TPSA) is 57.0 Å². The minimum Gasteiger partial charge on any atom is -0.497 e. The van der Waals surface area contributed by atoms with E-state index in [1.807, 2.05) is 42.5 Å². The third-order valence-corrected chi connectivity index (χ3v) is 3.55. The van der Waals surface area contributed by atoms with Crippen molar-refractivity contribution in [2.24, 2.45) is 0 Å². The number of nitrogens with zero attached hydrogens (tertiary/aromatic N) is 3. The van der Waals surface area contributed by atoms with Crippen molar-refractivity contribution in [2.75, 3.05) is 7.11 Å². The van der Waals surface area contributed by atoms with Crippen LogP contribution in [0.5, 0.6) is 5.75 Å². The van der Waals surface area contributed by atoms with Crippen molar-refractivity contribution in [2.45, 2.75) is 0 Å². The zero-order valence-electron chi connectivity index (χ0n) is 11.3. The molecule has 1 aliphatic heterocycles. The molecule has 0 amide bonds. The Hall–Kier alpha value is -2.95. The van der Waals surface area contributed by atoms with Crippen LogP contribution in [0.4, 0.5) is 0 Å². The lowest BCUT2D eigenvalue weighted by Crippen LogP contribution is -2.07. The summed E-state index contributed by atoms with van der Waals surface area (Å²) in [7, 11) is 1.62. The Morgan fingerprint density at radius 3 is 2.43 bits per heavy atom. The van der Waals surface area contributed by atoms with Gasteiger partial charge in [0.15, 0.2) is 11.6 Å². The van der Waals surface area contributed by atoms with E-state index in [-0.39, 0.29) is 5.91 Å². The molecule has 2 aromatic carbocycles. The van der Waals surface area contributed by atoms with E-state index in [0.29, 0.717) is 17.2 Å². The molecule has 0 saturated carbocycles. The lowest BCUT2D eigenvalue weighted by Gasteiger charge is -2.00. The van der Waals surface area contributed by atoms with Gasteiger partial charge in [-0.1, -0.05) is 18.2 Å². The third-order valence-electron chi connectivity index (χ3n) is 3.55. The fraction of sp³-hybridized carbons (Fsp3) is 0.0625. The molecule has 3 aromatic rings.